The van der Waals surface area contributed by atoms with Crippen LogP contribution in [0.1, 0.15) is 30.1 Å². The molecule has 2 unspecified atom stereocenters. The third-order valence-electron chi connectivity index (χ3n) is 3.73. The molecule has 1 aliphatic rings. The monoisotopic (exact) mass is 340 g/mol. The molecule has 1 heterocycles. The van der Waals surface area contributed by atoms with Crippen LogP contribution in [0.15, 0.2) is 22.7 Å². The number of nitrogen functional groups attached to an aromatic ring is 1. The molecule has 1 aromatic carbocycles. The number of benzene rings is 1. The lowest BCUT2D eigenvalue weighted by Crippen LogP contribution is -2.46. The van der Waals surface area contributed by atoms with Gasteiger partial charge in [-0.15, -0.1) is 0 Å². The van der Waals surface area contributed by atoms with Gasteiger partial charge in [-0.25, -0.2) is 0 Å². The highest BCUT2D eigenvalue weighted by molar-refractivity contribution is 9.10. The van der Waals surface area contributed by atoms with E-state index in [0.717, 1.165) is 4.47 Å². The van der Waals surface area contributed by atoms with Crippen molar-refractivity contribution in [2.45, 2.75) is 25.8 Å². The van der Waals surface area contributed by atoms with E-state index < -0.39 is 5.97 Å². The SMILES string of the molecule is CC1CC(C(=O)O)CCN1C(=O)c1ccc(Br)c(N)c1. The fourth-order valence-corrected chi connectivity index (χ4v) is 2.79. The second kappa shape index (κ2) is 5.83. The average molecular weight is 341 g/mol. The number of carboxylic acid groups (broad SMARTS) is 1. The fraction of sp³-hybridized carbons (Fsp3) is 0.429. The van der Waals surface area contributed by atoms with Crippen molar-refractivity contribution in [2.75, 3.05) is 12.3 Å². The summed E-state index contributed by atoms with van der Waals surface area (Å²) in [6.45, 7) is 2.35. The molecule has 1 amide bonds. The standard InChI is InChI=1S/C14H17BrN2O3/c1-8-6-10(14(19)20)4-5-17(8)13(18)9-2-3-11(15)12(16)7-9/h2-3,7-8,10H,4-6,16H2,1H3,(H,19,20). The summed E-state index contributed by atoms with van der Waals surface area (Å²) in [5.41, 5.74) is 6.84. The molecule has 5 nitrogen and oxygen atoms in total. The van der Waals surface area contributed by atoms with E-state index in [-0.39, 0.29) is 17.9 Å². The summed E-state index contributed by atoms with van der Waals surface area (Å²) in [6.07, 6.45) is 0.991. The zero-order valence-corrected chi connectivity index (χ0v) is 12.8. The van der Waals surface area contributed by atoms with E-state index in [2.05, 4.69) is 15.9 Å². The lowest BCUT2D eigenvalue weighted by Gasteiger charge is -2.36. The molecule has 1 fully saturated rings. The molecule has 0 radical (unpaired) electrons. The summed E-state index contributed by atoms with van der Waals surface area (Å²) in [5.74, 6) is -1.23. The van der Waals surface area contributed by atoms with Crippen molar-refractivity contribution >= 4 is 33.5 Å². The molecule has 0 saturated carbocycles. The Hall–Kier alpha value is -1.56. The van der Waals surface area contributed by atoms with Crippen LogP contribution in [0.25, 0.3) is 0 Å². The Labute approximate surface area is 125 Å². The number of aliphatic carboxylic acids is 1. The Bertz CT molecular complexity index is 547. The highest BCUT2D eigenvalue weighted by Gasteiger charge is 2.32. The summed E-state index contributed by atoms with van der Waals surface area (Å²) in [6, 6.07) is 5.03. The van der Waals surface area contributed by atoms with Gasteiger partial charge in [0.2, 0.25) is 0 Å². The second-order valence-corrected chi connectivity index (χ2v) is 6.00. The number of halogens is 1. The van der Waals surface area contributed by atoms with Gasteiger partial charge < -0.3 is 15.7 Å². The van der Waals surface area contributed by atoms with Crippen molar-refractivity contribution in [3.05, 3.63) is 28.2 Å². The molecule has 1 aromatic rings. The van der Waals surface area contributed by atoms with Gasteiger partial charge in [-0.1, -0.05) is 0 Å². The summed E-state index contributed by atoms with van der Waals surface area (Å²) in [5, 5.41) is 9.04. The van der Waals surface area contributed by atoms with Crippen LogP contribution in [-0.2, 0) is 4.79 Å². The van der Waals surface area contributed by atoms with Gasteiger partial charge in [0.05, 0.1) is 5.92 Å². The predicted octanol–water partition coefficient (Wildman–Crippen LogP) is 2.36. The van der Waals surface area contributed by atoms with Crippen LogP contribution in [0.3, 0.4) is 0 Å². The van der Waals surface area contributed by atoms with Gasteiger partial charge in [-0.05, 0) is 53.9 Å². The molecule has 20 heavy (non-hydrogen) atoms. The number of hydrogen-bond donors (Lipinski definition) is 2. The molecular weight excluding hydrogens is 324 g/mol. The molecule has 1 saturated heterocycles. The van der Waals surface area contributed by atoms with Crippen molar-refractivity contribution in [3.8, 4) is 0 Å². The predicted molar refractivity (Wildman–Crippen MR) is 79.4 cm³/mol. The molecular formula is C14H17BrN2O3. The van der Waals surface area contributed by atoms with Crippen LogP contribution in [0.4, 0.5) is 5.69 Å². The van der Waals surface area contributed by atoms with E-state index in [9.17, 15) is 9.59 Å². The Kier molecular flexibility index (Phi) is 4.32. The molecule has 2 atom stereocenters. The summed E-state index contributed by atoms with van der Waals surface area (Å²) < 4.78 is 0.756. The van der Waals surface area contributed by atoms with Gasteiger partial charge in [-0.2, -0.15) is 0 Å². The largest absolute Gasteiger partial charge is 0.481 e. The zero-order valence-electron chi connectivity index (χ0n) is 11.2. The van der Waals surface area contributed by atoms with Gasteiger partial charge >= 0.3 is 5.97 Å². The zero-order chi connectivity index (χ0) is 14.9. The maximum absolute atomic E-state index is 12.5. The van der Waals surface area contributed by atoms with Crippen molar-refractivity contribution in [3.63, 3.8) is 0 Å². The number of likely N-dealkylation sites (tertiary alicyclic amines) is 1. The topological polar surface area (TPSA) is 83.6 Å². The van der Waals surface area contributed by atoms with Crippen LogP contribution in [0.2, 0.25) is 0 Å². The van der Waals surface area contributed by atoms with Gasteiger partial charge in [0.1, 0.15) is 0 Å². The average Bonchev–Trinajstić information content (AvgIpc) is 2.41. The number of rotatable bonds is 2. The molecule has 6 heteroatoms. The minimum Gasteiger partial charge on any atom is -0.481 e. The van der Waals surface area contributed by atoms with E-state index >= 15 is 0 Å². The minimum atomic E-state index is -0.781. The smallest absolute Gasteiger partial charge is 0.306 e. The number of carbonyl (C=O) groups is 2. The van der Waals surface area contributed by atoms with Crippen molar-refractivity contribution in [1.29, 1.82) is 0 Å². The van der Waals surface area contributed by atoms with E-state index in [1.807, 2.05) is 6.92 Å². The lowest BCUT2D eigenvalue weighted by atomic mass is 9.91. The second-order valence-electron chi connectivity index (χ2n) is 5.14. The first kappa shape index (κ1) is 14.8. The maximum atomic E-state index is 12.5. The molecule has 3 N–H and O–H groups in total. The van der Waals surface area contributed by atoms with Crippen LogP contribution < -0.4 is 5.73 Å². The van der Waals surface area contributed by atoms with Crippen LogP contribution in [-0.4, -0.2) is 34.5 Å². The molecule has 0 aliphatic carbocycles. The van der Waals surface area contributed by atoms with E-state index in [1.165, 1.54) is 0 Å². The fourth-order valence-electron chi connectivity index (χ4n) is 2.54. The van der Waals surface area contributed by atoms with E-state index in [0.29, 0.717) is 30.6 Å². The highest BCUT2D eigenvalue weighted by Crippen LogP contribution is 2.26. The molecule has 0 spiro atoms. The third-order valence-corrected chi connectivity index (χ3v) is 4.45. The number of carbonyl (C=O) groups excluding carboxylic acids is 1. The van der Waals surface area contributed by atoms with Gasteiger partial charge in [0, 0.05) is 28.3 Å². The van der Waals surface area contributed by atoms with Crippen molar-refractivity contribution in [1.82, 2.24) is 4.90 Å². The number of carboxylic acids is 1. The van der Waals surface area contributed by atoms with Gasteiger partial charge in [0.15, 0.2) is 0 Å². The first-order valence-corrected chi connectivity index (χ1v) is 7.28. The van der Waals surface area contributed by atoms with Gasteiger partial charge in [-0.3, -0.25) is 9.59 Å². The Balaban J connectivity index is 2.13. The van der Waals surface area contributed by atoms with E-state index in [1.54, 1.807) is 23.1 Å². The summed E-state index contributed by atoms with van der Waals surface area (Å²) in [7, 11) is 0. The first-order chi connectivity index (χ1) is 9.40. The number of nitrogens with zero attached hydrogens (tertiary/aromatic N) is 1. The summed E-state index contributed by atoms with van der Waals surface area (Å²) in [4.78, 5) is 25.2. The third kappa shape index (κ3) is 2.95. The number of hydrogen-bond acceptors (Lipinski definition) is 3. The molecule has 0 bridgehead atoms. The van der Waals surface area contributed by atoms with Crippen LogP contribution in [0, 0.1) is 5.92 Å². The quantitative estimate of drug-likeness (QED) is 0.809. The lowest BCUT2D eigenvalue weighted by molar-refractivity contribution is -0.143. The Morgan fingerprint density at radius 1 is 1.45 bits per heavy atom. The normalized spacial score (nSPS) is 22.6. The number of amides is 1. The number of anilines is 1. The van der Waals surface area contributed by atoms with Crippen molar-refractivity contribution < 1.29 is 14.7 Å². The summed E-state index contributed by atoms with van der Waals surface area (Å²) >= 11 is 3.29. The maximum Gasteiger partial charge on any atom is 0.306 e. The Morgan fingerprint density at radius 2 is 2.15 bits per heavy atom. The van der Waals surface area contributed by atoms with Crippen molar-refractivity contribution in [2.24, 2.45) is 5.92 Å². The van der Waals surface area contributed by atoms with E-state index in [4.69, 9.17) is 10.8 Å². The molecule has 2 rings (SSSR count). The minimum absolute atomic E-state index is 0.0813. The first-order valence-electron chi connectivity index (χ1n) is 6.49. The van der Waals surface area contributed by atoms with Crippen LogP contribution in [0.5, 0.6) is 0 Å². The van der Waals surface area contributed by atoms with Gasteiger partial charge in [0.25, 0.3) is 5.91 Å². The van der Waals surface area contributed by atoms with Crippen LogP contribution >= 0.6 is 15.9 Å². The number of nitrogens with two attached hydrogens (primary N) is 1. The number of piperidine rings is 1. The highest BCUT2D eigenvalue weighted by atomic mass is 79.9. The molecule has 108 valence electrons. The molecule has 1 aliphatic heterocycles. The molecule has 0 aromatic heterocycles. The Morgan fingerprint density at radius 3 is 2.70 bits per heavy atom.